The van der Waals surface area contributed by atoms with Crippen LogP contribution in [0, 0.1) is 17.1 Å². The van der Waals surface area contributed by atoms with E-state index >= 15 is 0 Å². The van der Waals surface area contributed by atoms with E-state index < -0.39 is 5.82 Å². The van der Waals surface area contributed by atoms with E-state index in [0.717, 1.165) is 0 Å². The van der Waals surface area contributed by atoms with E-state index in [1.165, 1.54) is 35.3 Å². The molecular weight excluding hydrogens is 323 g/mol. The largest absolute Gasteiger partial charge is 0.358 e. The molecule has 0 aliphatic heterocycles. The summed E-state index contributed by atoms with van der Waals surface area (Å²) < 4.78 is 15.0. The second kappa shape index (κ2) is 6.25. The zero-order valence-electron chi connectivity index (χ0n) is 11.4. The lowest BCUT2D eigenvalue weighted by atomic mass is 10.2. The van der Waals surface area contributed by atoms with Gasteiger partial charge in [0.05, 0.1) is 22.6 Å². The Bertz CT molecular complexity index is 893. The van der Waals surface area contributed by atoms with Crippen molar-refractivity contribution >= 4 is 22.9 Å². The van der Waals surface area contributed by atoms with E-state index in [1.54, 1.807) is 6.20 Å². The summed E-state index contributed by atoms with van der Waals surface area (Å²) in [6.07, 6.45) is 4.40. The van der Waals surface area contributed by atoms with Gasteiger partial charge in [-0.05, 0) is 23.4 Å². The fourth-order valence-electron chi connectivity index (χ4n) is 1.83. The van der Waals surface area contributed by atoms with Crippen LogP contribution in [-0.2, 0) is 0 Å². The summed E-state index contributed by atoms with van der Waals surface area (Å²) >= 11 is 5.85. The van der Waals surface area contributed by atoms with Crippen molar-refractivity contribution < 1.29 is 4.39 Å². The van der Waals surface area contributed by atoms with Crippen molar-refractivity contribution in [3.05, 3.63) is 53.5 Å². The predicted octanol–water partition coefficient (Wildman–Crippen LogP) is 2.15. The number of nitrogens with zero attached hydrogens (tertiary/aromatic N) is 6. The molecule has 2 N–H and O–H groups in total. The lowest BCUT2D eigenvalue weighted by Gasteiger charge is -2.09. The maximum absolute atomic E-state index is 13.5. The first-order chi connectivity index (χ1) is 11.2. The molecule has 0 amide bonds. The normalized spacial score (nSPS) is 11.3. The zero-order valence-corrected chi connectivity index (χ0v) is 12.2. The van der Waals surface area contributed by atoms with E-state index in [4.69, 9.17) is 16.9 Å². The Balaban J connectivity index is 1.96. The van der Waals surface area contributed by atoms with Gasteiger partial charge in [-0.2, -0.15) is 15.6 Å². The Kier molecular flexibility index (Phi) is 3.99. The molecule has 23 heavy (non-hydrogen) atoms. The summed E-state index contributed by atoms with van der Waals surface area (Å²) in [5.41, 5.74) is 1.08. The topological polar surface area (TPSA) is 108 Å². The standard InChI is InChI=1S/C13H8ClFN8/c14-9-6-18-23(7-9)12-2-1-10(15)3-11(12)17-5-8(4-16)13-19-21-22-20-13/h1-3,5-7,17H,(H,19,20,21,22). The molecule has 0 aliphatic rings. The number of rotatable bonds is 4. The Labute approximate surface area is 134 Å². The molecule has 2 heterocycles. The Hall–Kier alpha value is -3.25. The average Bonchev–Trinajstić information content (AvgIpc) is 3.20. The second-order valence-electron chi connectivity index (χ2n) is 4.31. The van der Waals surface area contributed by atoms with Gasteiger partial charge in [-0.25, -0.2) is 9.07 Å². The number of allylic oxidation sites excluding steroid dienone is 1. The van der Waals surface area contributed by atoms with Crippen LogP contribution in [0.25, 0.3) is 11.3 Å². The molecule has 10 heteroatoms. The van der Waals surface area contributed by atoms with E-state index in [-0.39, 0.29) is 11.4 Å². The summed E-state index contributed by atoms with van der Waals surface area (Å²) in [6, 6.07) is 6.03. The predicted molar refractivity (Wildman–Crippen MR) is 79.9 cm³/mol. The number of hydrogen-bond acceptors (Lipinski definition) is 6. The van der Waals surface area contributed by atoms with E-state index in [1.807, 2.05) is 6.07 Å². The average molecular weight is 331 g/mol. The molecule has 0 bridgehead atoms. The van der Waals surface area contributed by atoms with Crippen molar-refractivity contribution in [1.29, 1.82) is 5.26 Å². The van der Waals surface area contributed by atoms with Gasteiger partial charge in [-0.3, -0.25) is 0 Å². The quantitative estimate of drug-likeness (QED) is 0.710. The molecule has 0 saturated heterocycles. The molecule has 0 spiro atoms. The van der Waals surface area contributed by atoms with Crippen molar-refractivity contribution in [2.75, 3.05) is 5.32 Å². The van der Waals surface area contributed by atoms with Gasteiger partial charge in [-0.1, -0.05) is 11.6 Å². The Morgan fingerprint density at radius 3 is 3.00 bits per heavy atom. The van der Waals surface area contributed by atoms with Crippen LogP contribution in [0.15, 0.2) is 36.8 Å². The van der Waals surface area contributed by atoms with Crippen molar-refractivity contribution in [1.82, 2.24) is 30.4 Å². The minimum atomic E-state index is -0.444. The van der Waals surface area contributed by atoms with Crippen LogP contribution in [0.4, 0.5) is 10.1 Å². The van der Waals surface area contributed by atoms with Gasteiger partial charge in [0.15, 0.2) is 0 Å². The van der Waals surface area contributed by atoms with Gasteiger partial charge in [-0.15, -0.1) is 10.2 Å². The summed E-state index contributed by atoms with van der Waals surface area (Å²) in [5.74, 6) is -0.318. The van der Waals surface area contributed by atoms with E-state index in [9.17, 15) is 4.39 Å². The Morgan fingerprint density at radius 1 is 1.48 bits per heavy atom. The number of nitrogens with one attached hydrogen (secondary N) is 2. The Morgan fingerprint density at radius 2 is 2.35 bits per heavy atom. The summed E-state index contributed by atoms with van der Waals surface area (Å²) in [5, 5.41) is 29.6. The SMILES string of the molecule is N#CC(=CNc1cc(F)ccc1-n1cc(Cl)cn1)c1nn[nH]n1. The van der Waals surface area contributed by atoms with Gasteiger partial charge < -0.3 is 5.32 Å². The molecule has 0 saturated carbocycles. The fourth-order valence-corrected chi connectivity index (χ4v) is 1.96. The monoisotopic (exact) mass is 330 g/mol. The van der Waals surface area contributed by atoms with E-state index in [0.29, 0.717) is 16.4 Å². The third-order valence-electron chi connectivity index (χ3n) is 2.84. The third kappa shape index (κ3) is 3.17. The minimum Gasteiger partial charge on any atom is -0.358 e. The van der Waals surface area contributed by atoms with Crippen molar-refractivity contribution in [3.63, 3.8) is 0 Å². The van der Waals surface area contributed by atoms with Crippen molar-refractivity contribution in [3.8, 4) is 11.8 Å². The van der Waals surface area contributed by atoms with Crippen LogP contribution in [0.2, 0.25) is 5.02 Å². The second-order valence-corrected chi connectivity index (χ2v) is 4.75. The smallest absolute Gasteiger partial charge is 0.216 e. The number of anilines is 1. The lowest BCUT2D eigenvalue weighted by molar-refractivity contribution is 0.627. The maximum Gasteiger partial charge on any atom is 0.216 e. The zero-order chi connectivity index (χ0) is 16.2. The summed E-state index contributed by atoms with van der Waals surface area (Å²) in [4.78, 5) is 0. The van der Waals surface area contributed by atoms with Crippen LogP contribution in [0.3, 0.4) is 0 Å². The van der Waals surface area contributed by atoms with Gasteiger partial charge in [0.1, 0.15) is 17.5 Å². The fraction of sp³-hybridized carbons (Fsp3) is 0. The van der Waals surface area contributed by atoms with Gasteiger partial charge in [0, 0.05) is 12.4 Å². The van der Waals surface area contributed by atoms with Crippen LogP contribution in [-0.4, -0.2) is 30.4 Å². The highest BCUT2D eigenvalue weighted by molar-refractivity contribution is 6.30. The number of hydrogen-bond donors (Lipinski definition) is 2. The van der Waals surface area contributed by atoms with Crippen molar-refractivity contribution in [2.24, 2.45) is 0 Å². The maximum atomic E-state index is 13.5. The molecule has 0 radical (unpaired) electrons. The highest BCUT2D eigenvalue weighted by Gasteiger charge is 2.09. The number of tetrazole rings is 1. The number of aromatic nitrogens is 6. The van der Waals surface area contributed by atoms with Crippen molar-refractivity contribution in [2.45, 2.75) is 0 Å². The first-order valence-electron chi connectivity index (χ1n) is 6.28. The molecule has 3 rings (SSSR count). The molecular formula is C13H8ClFN8. The number of H-pyrrole nitrogens is 1. The minimum absolute atomic E-state index is 0.125. The van der Waals surface area contributed by atoms with Gasteiger partial charge >= 0.3 is 0 Å². The van der Waals surface area contributed by atoms with E-state index in [2.05, 4.69) is 31.0 Å². The summed E-state index contributed by atoms with van der Waals surface area (Å²) in [7, 11) is 0. The number of nitriles is 1. The molecule has 0 aliphatic carbocycles. The van der Waals surface area contributed by atoms with Gasteiger partial charge in [0.2, 0.25) is 5.82 Å². The molecule has 0 unspecified atom stereocenters. The molecule has 0 atom stereocenters. The number of aromatic amines is 1. The first-order valence-corrected chi connectivity index (χ1v) is 6.66. The number of halogens is 2. The molecule has 1 aromatic carbocycles. The van der Waals surface area contributed by atoms with Gasteiger partial charge in [0.25, 0.3) is 0 Å². The molecule has 0 fully saturated rings. The van der Waals surface area contributed by atoms with Crippen LogP contribution in [0.5, 0.6) is 0 Å². The van der Waals surface area contributed by atoms with Crippen LogP contribution in [0.1, 0.15) is 5.82 Å². The highest BCUT2D eigenvalue weighted by atomic mass is 35.5. The molecule has 2 aromatic heterocycles. The highest BCUT2D eigenvalue weighted by Crippen LogP contribution is 2.23. The van der Waals surface area contributed by atoms with Crippen LogP contribution >= 0.6 is 11.6 Å². The molecule has 3 aromatic rings. The first kappa shape index (κ1) is 14.7. The number of benzene rings is 1. The lowest BCUT2D eigenvalue weighted by Crippen LogP contribution is -2.01. The summed E-state index contributed by atoms with van der Waals surface area (Å²) in [6.45, 7) is 0. The molecule has 114 valence electrons. The molecule has 8 nitrogen and oxygen atoms in total. The third-order valence-corrected chi connectivity index (χ3v) is 3.03. The van der Waals surface area contributed by atoms with Crippen LogP contribution < -0.4 is 5.32 Å².